The smallest absolute Gasteiger partial charge is 0.151 e. The van der Waals surface area contributed by atoms with Gasteiger partial charge in [0.05, 0.1) is 11.5 Å². The van der Waals surface area contributed by atoms with E-state index >= 15 is 0 Å². The Morgan fingerprint density at radius 3 is 3.00 bits per heavy atom. The number of hydrogen-bond donors (Lipinski definition) is 1. The van der Waals surface area contributed by atoms with Crippen LogP contribution in [0.2, 0.25) is 0 Å². The molecule has 1 aliphatic rings. The summed E-state index contributed by atoms with van der Waals surface area (Å²) in [6.45, 7) is 2.09. The molecule has 0 spiro atoms. The molecule has 0 saturated carbocycles. The average Bonchev–Trinajstić information content (AvgIpc) is 2.68. The first-order valence-corrected chi connectivity index (χ1v) is 8.27. The Morgan fingerprint density at radius 1 is 1.56 bits per heavy atom. The van der Waals surface area contributed by atoms with Crippen LogP contribution < -0.4 is 5.32 Å². The Balaban J connectivity index is 1.95. The predicted octanol–water partition coefficient (Wildman–Crippen LogP) is 1.98. The molecule has 3 nitrogen and oxygen atoms in total. The highest BCUT2D eigenvalue weighted by Gasteiger charge is 2.25. The van der Waals surface area contributed by atoms with E-state index < -0.39 is 9.84 Å². The molecule has 90 valence electrons. The molecule has 1 aliphatic heterocycles. The van der Waals surface area contributed by atoms with Gasteiger partial charge >= 0.3 is 0 Å². The second kappa shape index (κ2) is 4.85. The maximum atomic E-state index is 11.5. The molecule has 0 amide bonds. The molecule has 0 aromatic carbocycles. The van der Waals surface area contributed by atoms with Gasteiger partial charge in [-0.1, -0.05) is 6.07 Å². The number of sulfone groups is 1. The van der Waals surface area contributed by atoms with Crippen molar-refractivity contribution in [1.82, 2.24) is 5.32 Å². The van der Waals surface area contributed by atoms with Crippen LogP contribution in [0.25, 0.3) is 0 Å². The van der Waals surface area contributed by atoms with Gasteiger partial charge in [0.2, 0.25) is 0 Å². The zero-order valence-corrected chi connectivity index (χ0v) is 11.0. The molecule has 0 aliphatic carbocycles. The fraction of sp³-hybridized carbons (Fsp3) is 0.636. The molecule has 5 heteroatoms. The topological polar surface area (TPSA) is 46.2 Å². The van der Waals surface area contributed by atoms with Crippen molar-refractivity contribution in [3.05, 3.63) is 22.4 Å². The zero-order chi connectivity index (χ0) is 11.6. The molecule has 1 N–H and O–H groups in total. The summed E-state index contributed by atoms with van der Waals surface area (Å²) in [5, 5.41) is 5.45. The first kappa shape index (κ1) is 12.1. The largest absolute Gasteiger partial charge is 0.306 e. The van der Waals surface area contributed by atoms with Gasteiger partial charge in [-0.3, -0.25) is 0 Å². The van der Waals surface area contributed by atoms with Crippen molar-refractivity contribution in [2.75, 3.05) is 11.5 Å². The number of thiophene rings is 1. The lowest BCUT2D eigenvalue weighted by Gasteiger charge is -2.26. The molecule has 2 atom stereocenters. The van der Waals surface area contributed by atoms with E-state index in [2.05, 4.69) is 18.3 Å². The summed E-state index contributed by atoms with van der Waals surface area (Å²) in [5.41, 5.74) is 0. The highest BCUT2D eigenvalue weighted by Crippen LogP contribution is 2.21. The summed E-state index contributed by atoms with van der Waals surface area (Å²) >= 11 is 1.71. The standard InChI is InChI=1S/C11H17NO2S2/c1-9(11-5-2-6-15-11)12-10-4-3-7-16(13,14)8-10/h2,5-6,9-10,12H,3-4,7-8H2,1H3. The molecule has 1 aromatic heterocycles. The van der Waals surface area contributed by atoms with Crippen molar-refractivity contribution < 1.29 is 8.42 Å². The van der Waals surface area contributed by atoms with Gasteiger partial charge < -0.3 is 5.32 Å². The van der Waals surface area contributed by atoms with E-state index in [4.69, 9.17) is 0 Å². The van der Waals surface area contributed by atoms with E-state index in [0.29, 0.717) is 11.5 Å². The lowest BCUT2D eigenvalue weighted by atomic mass is 10.1. The third kappa shape index (κ3) is 3.06. The minimum Gasteiger partial charge on any atom is -0.306 e. The Hall–Kier alpha value is -0.390. The summed E-state index contributed by atoms with van der Waals surface area (Å²) in [4.78, 5) is 1.27. The molecule has 0 bridgehead atoms. The fourth-order valence-electron chi connectivity index (χ4n) is 2.13. The second-order valence-electron chi connectivity index (χ2n) is 4.36. The van der Waals surface area contributed by atoms with Crippen molar-refractivity contribution >= 4 is 21.2 Å². The lowest BCUT2D eigenvalue weighted by molar-refractivity contribution is 0.440. The maximum absolute atomic E-state index is 11.5. The van der Waals surface area contributed by atoms with Crippen molar-refractivity contribution in [2.24, 2.45) is 0 Å². The van der Waals surface area contributed by atoms with Gasteiger partial charge in [-0.2, -0.15) is 0 Å². The molecule has 1 aromatic rings. The monoisotopic (exact) mass is 259 g/mol. The molecule has 1 fully saturated rings. The first-order valence-electron chi connectivity index (χ1n) is 5.57. The predicted molar refractivity (Wildman–Crippen MR) is 67.5 cm³/mol. The van der Waals surface area contributed by atoms with Gasteiger partial charge in [-0.15, -0.1) is 11.3 Å². The summed E-state index contributed by atoms with van der Waals surface area (Å²) in [6, 6.07) is 4.48. The van der Waals surface area contributed by atoms with Crippen LogP contribution in [0.4, 0.5) is 0 Å². The fourth-order valence-corrected chi connectivity index (χ4v) is 4.52. The normalized spacial score (nSPS) is 26.4. The first-order chi connectivity index (χ1) is 7.57. The maximum Gasteiger partial charge on any atom is 0.151 e. The van der Waals surface area contributed by atoms with Crippen LogP contribution in [0, 0.1) is 0 Å². The van der Waals surface area contributed by atoms with Gasteiger partial charge in [0.1, 0.15) is 0 Å². The molecule has 2 rings (SSSR count). The quantitative estimate of drug-likeness (QED) is 0.903. The molecule has 2 unspecified atom stereocenters. The summed E-state index contributed by atoms with van der Waals surface area (Å²) in [7, 11) is -2.81. The molecule has 2 heterocycles. The summed E-state index contributed by atoms with van der Waals surface area (Å²) < 4.78 is 23.0. The Labute approximate surface area is 101 Å². The molecule has 0 radical (unpaired) electrons. The van der Waals surface area contributed by atoms with Crippen LogP contribution in [0.1, 0.15) is 30.7 Å². The number of nitrogens with one attached hydrogen (secondary N) is 1. The van der Waals surface area contributed by atoms with Crippen LogP contribution >= 0.6 is 11.3 Å². The number of rotatable bonds is 3. The van der Waals surface area contributed by atoms with Crippen molar-refractivity contribution in [3.63, 3.8) is 0 Å². The van der Waals surface area contributed by atoms with E-state index in [-0.39, 0.29) is 12.1 Å². The van der Waals surface area contributed by atoms with E-state index in [1.165, 1.54) is 4.88 Å². The van der Waals surface area contributed by atoms with E-state index in [1.807, 2.05) is 11.4 Å². The van der Waals surface area contributed by atoms with Gasteiger partial charge in [0.15, 0.2) is 9.84 Å². The van der Waals surface area contributed by atoms with Gasteiger partial charge in [0.25, 0.3) is 0 Å². The van der Waals surface area contributed by atoms with Crippen LogP contribution in [-0.2, 0) is 9.84 Å². The third-order valence-corrected chi connectivity index (χ3v) is 5.79. The SMILES string of the molecule is CC(NC1CCCS(=O)(=O)C1)c1cccs1. The summed E-state index contributed by atoms with van der Waals surface area (Å²) in [6.07, 6.45) is 1.76. The Morgan fingerprint density at radius 2 is 2.38 bits per heavy atom. The molecule has 1 saturated heterocycles. The van der Waals surface area contributed by atoms with Gasteiger partial charge in [-0.05, 0) is 31.2 Å². The van der Waals surface area contributed by atoms with E-state index in [0.717, 1.165) is 12.8 Å². The highest BCUT2D eigenvalue weighted by molar-refractivity contribution is 7.91. The number of hydrogen-bond acceptors (Lipinski definition) is 4. The van der Waals surface area contributed by atoms with Gasteiger partial charge in [0, 0.05) is 17.0 Å². The van der Waals surface area contributed by atoms with Crippen LogP contribution in [0.5, 0.6) is 0 Å². The van der Waals surface area contributed by atoms with Crippen LogP contribution in [-0.4, -0.2) is 26.0 Å². The minimum absolute atomic E-state index is 0.121. The van der Waals surface area contributed by atoms with Crippen molar-refractivity contribution in [1.29, 1.82) is 0 Å². The molecular formula is C11H17NO2S2. The second-order valence-corrected chi connectivity index (χ2v) is 7.57. The zero-order valence-electron chi connectivity index (χ0n) is 9.35. The lowest BCUT2D eigenvalue weighted by Crippen LogP contribution is -2.41. The Bertz CT molecular complexity index is 425. The molecule has 16 heavy (non-hydrogen) atoms. The van der Waals surface area contributed by atoms with E-state index in [1.54, 1.807) is 11.3 Å². The average molecular weight is 259 g/mol. The van der Waals surface area contributed by atoms with Crippen LogP contribution in [0.3, 0.4) is 0 Å². The highest BCUT2D eigenvalue weighted by atomic mass is 32.2. The Kier molecular flexibility index (Phi) is 3.66. The molecular weight excluding hydrogens is 242 g/mol. The van der Waals surface area contributed by atoms with Crippen LogP contribution in [0.15, 0.2) is 17.5 Å². The van der Waals surface area contributed by atoms with E-state index in [9.17, 15) is 8.42 Å². The van der Waals surface area contributed by atoms with Crippen molar-refractivity contribution in [3.8, 4) is 0 Å². The minimum atomic E-state index is -2.81. The summed E-state index contributed by atoms with van der Waals surface area (Å²) in [5.74, 6) is 0.654. The van der Waals surface area contributed by atoms with Gasteiger partial charge in [-0.25, -0.2) is 8.42 Å². The third-order valence-electron chi connectivity index (χ3n) is 2.92. The van der Waals surface area contributed by atoms with Crippen molar-refractivity contribution in [2.45, 2.75) is 31.8 Å².